The summed E-state index contributed by atoms with van der Waals surface area (Å²) in [6, 6.07) is 16.0. The highest BCUT2D eigenvalue weighted by molar-refractivity contribution is 7.52. The van der Waals surface area contributed by atoms with Gasteiger partial charge in [-0.25, -0.2) is 4.67 Å². The SMILES string of the molecule is Cc1cc(C)c(N2[C]N(CCOP3N(c4ccccc4)C[C@@H]4CCCN43)CC2)c(C)c1. The summed E-state index contributed by atoms with van der Waals surface area (Å²) in [6.45, 7) is 16.1. The summed E-state index contributed by atoms with van der Waals surface area (Å²) in [4.78, 5) is 4.58. The first-order valence-electron chi connectivity index (χ1n) is 11.5. The number of aryl methyl sites for hydroxylation is 3. The van der Waals surface area contributed by atoms with Gasteiger partial charge in [-0.2, -0.15) is 0 Å². The standard InChI is InChI=1S/C25H33N4OP/c1-20-16-21(2)25(22(3)17-20)27-13-12-26(19-27)14-15-30-31-28-11-7-10-24(28)18-29(31)23-8-5-4-6-9-23/h4-6,8-9,16-17,24H,7,10-15,18H2,1-3H3/t24-,31?/m0/s1. The minimum atomic E-state index is -0.716. The van der Waals surface area contributed by atoms with Gasteiger partial charge in [-0.3, -0.25) is 4.90 Å². The van der Waals surface area contributed by atoms with Crippen molar-refractivity contribution in [2.75, 3.05) is 48.9 Å². The lowest BCUT2D eigenvalue weighted by Gasteiger charge is -2.29. The van der Waals surface area contributed by atoms with Gasteiger partial charge in [0.05, 0.1) is 6.61 Å². The lowest BCUT2D eigenvalue weighted by molar-refractivity contribution is 0.260. The zero-order valence-corrected chi connectivity index (χ0v) is 19.8. The summed E-state index contributed by atoms with van der Waals surface area (Å²) in [6.07, 6.45) is 2.59. The van der Waals surface area contributed by atoms with Crippen molar-refractivity contribution in [2.24, 2.45) is 0 Å². The number of anilines is 2. The normalized spacial score (nSPS) is 24.4. The second-order valence-corrected chi connectivity index (χ2v) is 10.7. The van der Waals surface area contributed by atoms with E-state index in [1.54, 1.807) is 0 Å². The summed E-state index contributed by atoms with van der Waals surface area (Å²) < 4.78 is 11.7. The maximum absolute atomic E-state index is 6.57. The van der Waals surface area contributed by atoms with Crippen LogP contribution in [0, 0.1) is 27.4 Å². The van der Waals surface area contributed by atoms with Crippen LogP contribution in [0.5, 0.6) is 0 Å². The molecule has 3 aliphatic rings. The van der Waals surface area contributed by atoms with E-state index in [0.717, 1.165) is 32.8 Å². The summed E-state index contributed by atoms with van der Waals surface area (Å²) in [7, 11) is -0.716. The van der Waals surface area contributed by atoms with E-state index in [1.165, 1.54) is 47.5 Å². The van der Waals surface area contributed by atoms with Crippen LogP contribution in [0.2, 0.25) is 0 Å². The molecule has 3 aliphatic heterocycles. The van der Waals surface area contributed by atoms with E-state index in [1.807, 2.05) is 0 Å². The predicted molar refractivity (Wildman–Crippen MR) is 129 cm³/mol. The number of fused-ring (bicyclic) bond motifs is 1. The number of rotatable bonds is 6. The van der Waals surface area contributed by atoms with Gasteiger partial charge in [0.25, 0.3) is 0 Å². The third-order valence-corrected chi connectivity index (χ3v) is 8.73. The molecule has 3 heterocycles. The molecule has 6 heteroatoms. The minimum Gasteiger partial charge on any atom is -0.345 e. The van der Waals surface area contributed by atoms with Crippen LogP contribution in [0.3, 0.4) is 0 Å². The molecule has 1 unspecified atom stereocenters. The van der Waals surface area contributed by atoms with Crippen LogP contribution in [0.1, 0.15) is 29.5 Å². The summed E-state index contributed by atoms with van der Waals surface area (Å²) in [5.41, 5.74) is 6.58. The van der Waals surface area contributed by atoms with Crippen molar-refractivity contribution in [3.05, 3.63) is 65.8 Å². The fraction of sp³-hybridized carbons (Fsp3) is 0.480. The molecule has 2 aromatic rings. The van der Waals surface area contributed by atoms with Gasteiger partial charge in [-0.1, -0.05) is 35.9 Å². The first kappa shape index (κ1) is 21.2. The number of hydrogen-bond donors (Lipinski definition) is 0. The summed E-state index contributed by atoms with van der Waals surface area (Å²) >= 11 is 0. The Morgan fingerprint density at radius 2 is 1.81 bits per heavy atom. The van der Waals surface area contributed by atoms with Gasteiger partial charge < -0.3 is 14.1 Å². The first-order valence-corrected chi connectivity index (χ1v) is 12.7. The molecule has 5 rings (SSSR count). The molecule has 2 aromatic carbocycles. The van der Waals surface area contributed by atoms with Gasteiger partial charge >= 0.3 is 0 Å². The highest BCUT2D eigenvalue weighted by Gasteiger charge is 2.44. The van der Waals surface area contributed by atoms with Crippen LogP contribution < -0.4 is 9.57 Å². The fourth-order valence-electron chi connectivity index (χ4n) is 5.23. The smallest absolute Gasteiger partial charge is 0.218 e. The molecule has 0 spiro atoms. The lowest BCUT2D eigenvalue weighted by atomic mass is 10.0. The topological polar surface area (TPSA) is 22.2 Å². The van der Waals surface area contributed by atoms with E-state index < -0.39 is 8.45 Å². The van der Waals surface area contributed by atoms with Crippen LogP contribution in [-0.4, -0.2) is 54.9 Å². The van der Waals surface area contributed by atoms with E-state index in [9.17, 15) is 0 Å². The van der Waals surface area contributed by atoms with Crippen molar-refractivity contribution >= 4 is 19.8 Å². The molecule has 2 atom stereocenters. The van der Waals surface area contributed by atoms with Crippen molar-refractivity contribution in [3.63, 3.8) is 0 Å². The average molecular weight is 437 g/mol. The molecule has 0 aliphatic carbocycles. The van der Waals surface area contributed by atoms with Crippen LogP contribution in [0.4, 0.5) is 11.4 Å². The molecule has 5 nitrogen and oxygen atoms in total. The van der Waals surface area contributed by atoms with Crippen LogP contribution in [0.25, 0.3) is 0 Å². The van der Waals surface area contributed by atoms with Crippen molar-refractivity contribution in [2.45, 2.75) is 39.7 Å². The summed E-state index contributed by atoms with van der Waals surface area (Å²) in [5, 5.41) is 0. The van der Waals surface area contributed by atoms with Gasteiger partial charge in [0.2, 0.25) is 8.45 Å². The van der Waals surface area contributed by atoms with Gasteiger partial charge in [0.15, 0.2) is 6.67 Å². The predicted octanol–water partition coefficient (Wildman–Crippen LogP) is 4.96. The number of nitrogens with zero attached hydrogens (tertiary/aromatic N) is 4. The molecule has 164 valence electrons. The van der Waals surface area contributed by atoms with E-state index in [2.05, 4.69) is 89.0 Å². The van der Waals surface area contributed by atoms with E-state index in [4.69, 9.17) is 4.52 Å². The van der Waals surface area contributed by atoms with Gasteiger partial charge in [-0.05, 0) is 56.9 Å². The minimum absolute atomic E-state index is 0.652. The van der Waals surface area contributed by atoms with Crippen LogP contribution in [-0.2, 0) is 4.52 Å². The maximum Gasteiger partial charge on any atom is 0.218 e. The molecule has 3 fully saturated rings. The fourth-order valence-corrected chi connectivity index (χ4v) is 7.48. The Balaban J connectivity index is 1.19. The Hall–Kier alpha value is -1.65. The zero-order valence-electron chi connectivity index (χ0n) is 18.9. The second kappa shape index (κ2) is 9.07. The Labute approximate surface area is 188 Å². The van der Waals surface area contributed by atoms with Gasteiger partial charge in [0.1, 0.15) is 0 Å². The highest BCUT2D eigenvalue weighted by atomic mass is 31.2. The Morgan fingerprint density at radius 1 is 1.03 bits per heavy atom. The zero-order chi connectivity index (χ0) is 21.4. The Bertz CT molecular complexity index is 885. The van der Waals surface area contributed by atoms with Crippen LogP contribution >= 0.6 is 8.45 Å². The number of para-hydroxylation sites is 1. The first-order chi connectivity index (χ1) is 15.1. The van der Waals surface area contributed by atoms with Gasteiger partial charge in [-0.15, -0.1) is 0 Å². The number of benzene rings is 2. The molecule has 0 N–H and O–H groups in total. The molecular weight excluding hydrogens is 403 g/mol. The molecule has 31 heavy (non-hydrogen) atoms. The van der Waals surface area contributed by atoms with Crippen molar-refractivity contribution in [3.8, 4) is 0 Å². The maximum atomic E-state index is 6.57. The highest BCUT2D eigenvalue weighted by Crippen LogP contribution is 2.56. The monoisotopic (exact) mass is 436 g/mol. The molecule has 0 aromatic heterocycles. The van der Waals surface area contributed by atoms with E-state index in [0.29, 0.717) is 6.04 Å². The Morgan fingerprint density at radius 3 is 2.58 bits per heavy atom. The molecule has 3 saturated heterocycles. The number of hydrogen-bond acceptors (Lipinski definition) is 5. The average Bonchev–Trinajstić information content (AvgIpc) is 3.45. The Kier molecular flexibility index (Phi) is 6.21. The third-order valence-electron chi connectivity index (χ3n) is 6.54. The molecule has 2 radical (unpaired) electrons. The van der Waals surface area contributed by atoms with Crippen molar-refractivity contribution in [1.82, 2.24) is 9.57 Å². The second-order valence-electron chi connectivity index (χ2n) is 8.95. The van der Waals surface area contributed by atoms with Crippen LogP contribution in [0.15, 0.2) is 42.5 Å². The molecular formula is C25H33N4OP. The van der Waals surface area contributed by atoms with Crippen molar-refractivity contribution in [1.29, 1.82) is 0 Å². The van der Waals surface area contributed by atoms with Crippen molar-refractivity contribution < 1.29 is 4.52 Å². The third kappa shape index (κ3) is 4.34. The van der Waals surface area contributed by atoms with E-state index >= 15 is 0 Å². The van der Waals surface area contributed by atoms with Gasteiger partial charge in [0, 0.05) is 50.1 Å². The quantitative estimate of drug-likeness (QED) is 0.596. The molecule has 0 bridgehead atoms. The van der Waals surface area contributed by atoms with E-state index in [-0.39, 0.29) is 0 Å². The summed E-state index contributed by atoms with van der Waals surface area (Å²) in [5.74, 6) is 0. The lowest BCUT2D eigenvalue weighted by Crippen LogP contribution is -2.25. The molecule has 0 saturated carbocycles. The molecule has 0 amide bonds. The largest absolute Gasteiger partial charge is 0.345 e.